The third-order valence-corrected chi connectivity index (χ3v) is 0. The second kappa shape index (κ2) is 24.0. The van der Waals surface area contributed by atoms with Gasteiger partial charge in [0.2, 0.25) is 0 Å². The van der Waals surface area contributed by atoms with Crippen molar-refractivity contribution < 1.29 is 60.0 Å². The first kappa shape index (κ1) is 29.6. The second-order valence-corrected chi connectivity index (χ2v) is 2.08. The minimum Gasteiger partial charge on any atom is -0.481 e. The summed E-state index contributed by atoms with van der Waals surface area (Å²) >= 11 is 0. The maximum atomic E-state index is 9.00. The van der Waals surface area contributed by atoms with E-state index >= 15 is 0 Å². The van der Waals surface area contributed by atoms with Gasteiger partial charge in [-0.2, -0.15) is 0 Å². The number of carbonyl (C=O) groups is 4. The molecule has 0 aromatic rings. The fourth-order valence-corrected chi connectivity index (χ4v) is 0. The molecular weight excluding hydrogens is 410 g/mol. The van der Waals surface area contributed by atoms with E-state index in [1.165, 1.54) is 0 Å². The van der Waals surface area contributed by atoms with Crippen LogP contribution in [0.4, 0.5) is 0 Å². The fourth-order valence-electron chi connectivity index (χ4n) is 0. The zero-order chi connectivity index (χ0) is 14.3. The van der Waals surface area contributed by atoms with Crippen LogP contribution in [0.5, 0.6) is 0 Å². The number of carboxylic acid groups (broad SMARTS) is 4. The molecule has 0 heterocycles. The summed E-state index contributed by atoms with van der Waals surface area (Å²) in [4.78, 5) is 36.0. The number of rotatable bonds is 0. The molecule has 0 unspecified atom stereocenters. The average Bonchev–Trinajstić information content (AvgIpc) is 1.76. The first-order valence-electron chi connectivity index (χ1n) is 3.71. The summed E-state index contributed by atoms with van der Waals surface area (Å²) < 4.78 is 0. The van der Waals surface area contributed by atoms with Gasteiger partial charge < -0.3 is 20.4 Å². The van der Waals surface area contributed by atoms with E-state index in [-0.39, 0.29) is 20.4 Å². The Kier molecular flexibility index (Phi) is 41.7. The minimum absolute atomic E-state index is 0. The van der Waals surface area contributed by atoms with Crippen LogP contribution in [0, 0.1) is 0 Å². The molecule has 0 rings (SSSR count). The molecule has 1 radical (unpaired) electrons. The van der Waals surface area contributed by atoms with Crippen molar-refractivity contribution in [2.24, 2.45) is 0 Å². The molecule has 0 amide bonds. The second-order valence-electron chi connectivity index (χ2n) is 2.08. The Balaban J connectivity index is -0.0000000369. The molecule has 0 fully saturated rings. The van der Waals surface area contributed by atoms with Gasteiger partial charge >= 0.3 is 0 Å². The van der Waals surface area contributed by atoms with E-state index in [1.807, 2.05) is 0 Å². The predicted octanol–water partition coefficient (Wildman–Crippen LogP) is 0.361. The van der Waals surface area contributed by atoms with Gasteiger partial charge in [0, 0.05) is 48.1 Å². The summed E-state index contributed by atoms with van der Waals surface area (Å²) in [5.74, 6) is -3.33. The molecule has 0 saturated heterocycles. The number of aliphatic carboxylic acids is 4. The van der Waals surface area contributed by atoms with Gasteiger partial charge in [-0.1, -0.05) is 0 Å². The molecule has 17 heavy (non-hydrogen) atoms. The van der Waals surface area contributed by atoms with Gasteiger partial charge in [-0.3, -0.25) is 19.2 Å². The summed E-state index contributed by atoms with van der Waals surface area (Å²) in [6.07, 6.45) is 0. The molecule has 0 aromatic heterocycles. The summed E-state index contributed by atoms with van der Waals surface area (Å²) in [7, 11) is 0. The quantitative estimate of drug-likeness (QED) is 0.434. The maximum absolute atomic E-state index is 9.00. The Morgan fingerprint density at radius 2 is 0.529 bits per heavy atom. The molecule has 4 N–H and O–H groups in total. The Morgan fingerprint density at radius 3 is 0.529 bits per heavy atom. The van der Waals surface area contributed by atoms with Gasteiger partial charge in [0.25, 0.3) is 23.9 Å². The van der Waals surface area contributed by atoms with Crippen molar-refractivity contribution in [3.05, 3.63) is 0 Å². The Bertz CT molecular complexity index is 162. The van der Waals surface area contributed by atoms with Gasteiger partial charge in [0.1, 0.15) is 0 Å². The van der Waals surface area contributed by atoms with E-state index in [0.717, 1.165) is 27.7 Å². The Morgan fingerprint density at radius 1 is 0.529 bits per heavy atom. The number of hydrogen-bond donors (Lipinski definition) is 4. The van der Waals surface area contributed by atoms with Crippen LogP contribution >= 0.6 is 0 Å². The number of hydrogen-bond acceptors (Lipinski definition) is 4. The summed E-state index contributed by atoms with van der Waals surface area (Å²) in [5, 5.41) is 29.7. The normalized spacial score (nSPS) is 5.88. The van der Waals surface area contributed by atoms with Gasteiger partial charge in [0.05, 0.1) is 0 Å². The zero-order valence-corrected chi connectivity index (χ0v) is 12.5. The first-order valence-corrected chi connectivity index (χ1v) is 3.71. The van der Waals surface area contributed by atoms with Gasteiger partial charge in [-0.05, 0) is 0 Å². The standard InChI is InChI=1S/4C2H4O2.Re/c4*1-2(3)4;/h4*1H3,(H,3,4);. The number of carboxylic acids is 4. The van der Waals surface area contributed by atoms with Gasteiger partial charge in [0.15, 0.2) is 0 Å². The smallest absolute Gasteiger partial charge is 0.300 e. The topological polar surface area (TPSA) is 149 Å². The molecule has 0 atom stereocenters. The van der Waals surface area contributed by atoms with Crippen molar-refractivity contribution >= 4 is 23.9 Å². The molecule has 103 valence electrons. The molecular formula is C8H16O8Re. The third-order valence-electron chi connectivity index (χ3n) is 0. The van der Waals surface area contributed by atoms with Crippen LogP contribution in [0.3, 0.4) is 0 Å². The SMILES string of the molecule is CC(=O)O.CC(=O)O.CC(=O)O.CC(=O)O.[Re]. The van der Waals surface area contributed by atoms with Crippen LogP contribution in [-0.4, -0.2) is 44.3 Å². The summed E-state index contributed by atoms with van der Waals surface area (Å²) in [5.41, 5.74) is 0. The maximum Gasteiger partial charge on any atom is 0.300 e. The average molecular weight is 426 g/mol. The predicted molar refractivity (Wildman–Crippen MR) is 53.2 cm³/mol. The van der Waals surface area contributed by atoms with Crippen LogP contribution in [0.2, 0.25) is 0 Å². The van der Waals surface area contributed by atoms with E-state index in [0.29, 0.717) is 0 Å². The molecule has 8 nitrogen and oxygen atoms in total. The van der Waals surface area contributed by atoms with E-state index in [9.17, 15) is 0 Å². The molecule has 0 aliphatic carbocycles. The van der Waals surface area contributed by atoms with Crippen LogP contribution < -0.4 is 0 Å². The van der Waals surface area contributed by atoms with E-state index in [2.05, 4.69) is 0 Å². The van der Waals surface area contributed by atoms with Gasteiger partial charge in [-0.15, -0.1) is 0 Å². The van der Waals surface area contributed by atoms with Crippen LogP contribution in [0.25, 0.3) is 0 Å². The van der Waals surface area contributed by atoms with E-state index < -0.39 is 23.9 Å². The van der Waals surface area contributed by atoms with Crippen LogP contribution in [0.1, 0.15) is 27.7 Å². The van der Waals surface area contributed by atoms with Gasteiger partial charge in [-0.25, -0.2) is 0 Å². The molecule has 0 spiro atoms. The monoisotopic (exact) mass is 427 g/mol. The van der Waals surface area contributed by atoms with Crippen molar-refractivity contribution in [1.82, 2.24) is 0 Å². The van der Waals surface area contributed by atoms with E-state index in [4.69, 9.17) is 39.6 Å². The molecule has 9 heteroatoms. The van der Waals surface area contributed by atoms with Crippen LogP contribution in [0.15, 0.2) is 0 Å². The molecule has 0 bridgehead atoms. The zero-order valence-electron chi connectivity index (χ0n) is 9.80. The third kappa shape index (κ3) is 1080. The van der Waals surface area contributed by atoms with Crippen LogP contribution in [-0.2, 0) is 39.6 Å². The molecule has 0 aromatic carbocycles. The van der Waals surface area contributed by atoms with Crippen molar-refractivity contribution in [1.29, 1.82) is 0 Å². The van der Waals surface area contributed by atoms with E-state index in [1.54, 1.807) is 0 Å². The van der Waals surface area contributed by atoms with Crippen molar-refractivity contribution in [3.63, 3.8) is 0 Å². The largest absolute Gasteiger partial charge is 0.481 e. The first-order chi connectivity index (χ1) is 6.93. The van der Waals surface area contributed by atoms with Crippen molar-refractivity contribution in [3.8, 4) is 0 Å². The minimum atomic E-state index is -0.833. The Labute approximate surface area is 112 Å². The Hall–Kier alpha value is -1.46. The summed E-state index contributed by atoms with van der Waals surface area (Å²) in [6, 6.07) is 0. The van der Waals surface area contributed by atoms with Crippen molar-refractivity contribution in [2.45, 2.75) is 27.7 Å². The fraction of sp³-hybridized carbons (Fsp3) is 0.500. The molecule has 0 saturated carbocycles. The molecule has 0 aliphatic heterocycles. The summed E-state index contributed by atoms with van der Waals surface area (Å²) in [6.45, 7) is 4.33. The molecule has 0 aliphatic rings. The van der Waals surface area contributed by atoms with Crippen molar-refractivity contribution in [2.75, 3.05) is 0 Å².